The maximum atomic E-state index is 6.14. The van der Waals surface area contributed by atoms with Gasteiger partial charge in [-0.1, -0.05) is 29.8 Å². The van der Waals surface area contributed by atoms with E-state index in [1.54, 1.807) is 6.20 Å². The van der Waals surface area contributed by atoms with E-state index < -0.39 is 0 Å². The number of nitrogens with zero attached hydrogens (tertiary/aromatic N) is 2. The number of anilines is 1. The number of hydrogen-bond donors (Lipinski definition) is 0. The molecule has 0 spiro atoms. The van der Waals surface area contributed by atoms with Gasteiger partial charge in [-0.2, -0.15) is 0 Å². The summed E-state index contributed by atoms with van der Waals surface area (Å²) in [5.41, 5.74) is 1.09. The van der Waals surface area contributed by atoms with Crippen LogP contribution in [-0.2, 0) is 6.54 Å². The fourth-order valence-corrected chi connectivity index (χ4v) is 2.37. The Morgan fingerprint density at radius 3 is 2.71 bits per heavy atom. The van der Waals surface area contributed by atoms with Crippen LogP contribution < -0.4 is 4.90 Å². The first kappa shape index (κ1) is 12.4. The molecule has 0 aliphatic heterocycles. The van der Waals surface area contributed by atoms with Crippen molar-refractivity contribution in [2.45, 2.75) is 6.54 Å². The first-order chi connectivity index (χ1) is 8.18. The molecule has 0 fully saturated rings. The Labute approximate surface area is 114 Å². The van der Waals surface area contributed by atoms with Crippen LogP contribution in [0, 0.1) is 0 Å². The summed E-state index contributed by atoms with van der Waals surface area (Å²) in [5, 5.41) is 0.784. The Morgan fingerprint density at radius 1 is 1.24 bits per heavy atom. The number of halogens is 2. The quantitative estimate of drug-likeness (QED) is 0.847. The Kier molecular flexibility index (Phi) is 4.02. The molecule has 0 N–H and O–H groups in total. The molecular formula is C13H12BrClN2. The highest BCUT2D eigenvalue weighted by atomic mass is 79.9. The SMILES string of the molecule is CN(Cc1ccccc1Cl)c1ncccc1Br. The third-order valence-corrected chi connectivity index (χ3v) is 3.45. The Balaban J connectivity index is 2.20. The molecule has 0 aliphatic carbocycles. The number of rotatable bonds is 3. The van der Waals surface area contributed by atoms with Crippen molar-refractivity contribution in [3.8, 4) is 0 Å². The van der Waals surface area contributed by atoms with Gasteiger partial charge in [0.25, 0.3) is 0 Å². The van der Waals surface area contributed by atoms with Crippen molar-refractivity contribution < 1.29 is 0 Å². The Bertz CT molecular complexity index is 516. The van der Waals surface area contributed by atoms with Crippen LogP contribution in [0.3, 0.4) is 0 Å². The minimum Gasteiger partial charge on any atom is -0.354 e. The lowest BCUT2D eigenvalue weighted by Gasteiger charge is -2.19. The lowest BCUT2D eigenvalue weighted by Crippen LogP contribution is -2.18. The van der Waals surface area contributed by atoms with Crippen molar-refractivity contribution in [2.24, 2.45) is 0 Å². The predicted octanol–water partition coefficient (Wildman–Crippen LogP) is 4.13. The van der Waals surface area contributed by atoms with Crippen molar-refractivity contribution in [1.82, 2.24) is 4.98 Å². The van der Waals surface area contributed by atoms with Crippen molar-refractivity contribution in [3.05, 3.63) is 57.7 Å². The number of hydrogen-bond acceptors (Lipinski definition) is 2. The zero-order chi connectivity index (χ0) is 12.3. The van der Waals surface area contributed by atoms with Crippen molar-refractivity contribution in [2.75, 3.05) is 11.9 Å². The first-order valence-electron chi connectivity index (χ1n) is 5.23. The lowest BCUT2D eigenvalue weighted by atomic mass is 10.2. The smallest absolute Gasteiger partial charge is 0.142 e. The molecule has 0 aliphatic rings. The van der Waals surface area contributed by atoms with Crippen LogP contribution in [0.15, 0.2) is 47.1 Å². The summed E-state index contributed by atoms with van der Waals surface area (Å²) in [6.45, 7) is 0.731. The zero-order valence-corrected chi connectivity index (χ0v) is 11.7. The molecule has 2 nitrogen and oxygen atoms in total. The van der Waals surface area contributed by atoms with Crippen LogP contribution in [0.4, 0.5) is 5.82 Å². The molecule has 0 unspecified atom stereocenters. The average molecular weight is 312 g/mol. The van der Waals surface area contributed by atoms with Crippen LogP contribution in [0.1, 0.15) is 5.56 Å². The van der Waals surface area contributed by atoms with Crippen molar-refractivity contribution in [3.63, 3.8) is 0 Å². The van der Waals surface area contributed by atoms with E-state index in [2.05, 4.69) is 25.8 Å². The van der Waals surface area contributed by atoms with Crippen LogP contribution in [0.25, 0.3) is 0 Å². The van der Waals surface area contributed by atoms with E-state index in [1.807, 2.05) is 43.4 Å². The molecular weight excluding hydrogens is 300 g/mol. The van der Waals surface area contributed by atoms with Gasteiger partial charge in [0.2, 0.25) is 0 Å². The normalized spacial score (nSPS) is 10.3. The molecule has 0 amide bonds. The summed E-state index contributed by atoms with van der Waals surface area (Å²) in [6, 6.07) is 11.7. The monoisotopic (exact) mass is 310 g/mol. The van der Waals surface area contributed by atoms with Crippen LogP contribution in [0.2, 0.25) is 5.02 Å². The second kappa shape index (κ2) is 5.52. The molecule has 0 atom stereocenters. The van der Waals surface area contributed by atoms with Crippen LogP contribution in [0.5, 0.6) is 0 Å². The first-order valence-corrected chi connectivity index (χ1v) is 6.40. The third kappa shape index (κ3) is 2.99. The van der Waals surface area contributed by atoms with Gasteiger partial charge < -0.3 is 4.90 Å². The summed E-state index contributed by atoms with van der Waals surface area (Å²) in [6.07, 6.45) is 1.78. The van der Waals surface area contributed by atoms with E-state index in [1.165, 1.54) is 0 Å². The molecule has 2 rings (SSSR count). The molecule has 0 saturated carbocycles. The topological polar surface area (TPSA) is 16.1 Å². The number of pyridine rings is 1. The lowest BCUT2D eigenvalue weighted by molar-refractivity contribution is 0.894. The van der Waals surface area contributed by atoms with Crippen LogP contribution >= 0.6 is 27.5 Å². The molecule has 17 heavy (non-hydrogen) atoms. The Morgan fingerprint density at radius 2 is 2.00 bits per heavy atom. The summed E-state index contributed by atoms with van der Waals surface area (Å²) >= 11 is 9.63. The second-order valence-corrected chi connectivity index (χ2v) is 5.02. The minimum absolute atomic E-state index is 0.731. The van der Waals surface area contributed by atoms with Crippen molar-refractivity contribution >= 4 is 33.3 Å². The van der Waals surface area contributed by atoms with E-state index in [-0.39, 0.29) is 0 Å². The molecule has 88 valence electrons. The molecule has 2 aromatic rings. The molecule has 0 saturated heterocycles. The van der Waals surface area contributed by atoms with Gasteiger partial charge in [-0.15, -0.1) is 0 Å². The number of aromatic nitrogens is 1. The average Bonchev–Trinajstić information content (AvgIpc) is 2.32. The van der Waals surface area contributed by atoms with E-state index in [4.69, 9.17) is 11.6 Å². The van der Waals surface area contributed by atoms with E-state index in [0.717, 1.165) is 27.4 Å². The molecule has 0 bridgehead atoms. The second-order valence-electron chi connectivity index (χ2n) is 3.76. The zero-order valence-electron chi connectivity index (χ0n) is 9.40. The van der Waals surface area contributed by atoms with Gasteiger partial charge in [0.15, 0.2) is 0 Å². The highest BCUT2D eigenvalue weighted by Crippen LogP contribution is 2.24. The fraction of sp³-hybridized carbons (Fsp3) is 0.154. The molecule has 1 aromatic heterocycles. The van der Waals surface area contributed by atoms with Gasteiger partial charge in [0.05, 0.1) is 4.47 Å². The third-order valence-electron chi connectivity index (χ3n) is 2.47. The van der Waals surface area contributed by atoms with Gasteiger partial charge in [0.1, 0.15) is 5.82 Å². The van der Waals surface area contributed by atoms with Crippen LogP contribution in [-0.4, -0.2) is 12.0 Å². The minimum atomic E-state index is 0.731. The van der Waals surface area contributed by atoms with Crippen molar-refractivity contribution in [1.29, 1.82) is 0 Å². The molecule has 0 radical (unpaired) electrons. The Hall–Kier alpha value is -1.06. The highest BCUT2D eigenvalue weighted by molar-refractivity contribution is 9.10. The van der Waals surface area contributed by atoms with E-state index >= 15 is 0 Å². The summed E-state index contributed by atoms with van der Waals surface area (Å²) in [7, 11) is 2.00. The molecule has 1 aromatic carbocycles. The maximum absolute atomic E-state index is 6.14. The highest BCUT2D eigenvalue weighted by Gasteiger charge is 2.08. The summed E-state index contributed by atoms with van der Waals surface area (Å²) < 4.78 is 0.981. The van der Waals surface area contributed by atoms with Gasteiger partial charge in [-0.05, 0) is 39.7 Å². The predicted molar refractivity (Wildman–Crippen MR) is 75.5 cm³/mol. The summed E-state index contributed by atoms with van der Waals surface area (Å²) in [5.74, 6) is 0.910. The van der Waals surface area contributed by atoms with Gasteiger partial charge in [-0.25, -0.2) is 4.98 Å². The fourth-order valence-electron chi connectivity index (χ4n) is 1.62. The molecule has 1 heterocycles. The van der Waals surface area contributed by atoms with E-state index in [9.17, 15) is 0 Å². The molecule has 4 heteroatoms. The van der Waals surface area contributed by atoms with Gasteiger partial charge in [-0.3, -0.25) is 0 Å². The number of benzene rings is 1. The largest absolute Gasteiger partial charge is 0.354 e. The van der Waals surface area contributed by atoms with Gasteiger partial charge >= 0.3 is 0 Å². The van der Waals surface area contributed by atoms with Gasteiger partial charge in [0, 0.05) is 24.8 Å². The summed E-state index contributed by atoms with van der Waals surface area (Å²) in [4.78, 5) is 6.40. The maximum Gasteiger partial charge on any atom is 0.142 e. The standard InChI is InChI=1S/C13H12BrClN2/c1-17(13-11(14)6-4-8-16-13)9-10-5-2-3-7-12(10)15/h2-8H,9H2,1H3. The van der Waals surface area contributed by atoms with E-state index in [0.29, 0.717) is 0 Å².